The lowest BCUT2D eigenvalue weighted by atomic mass is 10.1. The zero-order chi connectivity index (χ0) is 23.6. The van der Waals surface area contributed by atoms with Crippen LogP contribution in [0, 0.1) is 6.92 Å². The Hall–Kier alpha value is -3.87. The summed E-state index contributed by atoms with van der Waals surface area (Å²) in [6.07, 6.45) is 4.06. The number of carbonyl (C=O) groups is 1. The normalized spacial score (nSPS) is 10.9. The van der Waals surface area contributed by atoms with Gasteiger partial charge >= 0.3 is 0 Å². The predicted molar refractivity (Wildman–Crippen MR) is 129 cm³/mol. The molecule has 1 heterocycles. The van der Waals surface area contributed by atoms with Gasteiger partial charge in [-0.1, -0.05) is 36.8 Å². The maximum absolute atomic E-state index is 12.8. The summed E-state index contributed by atoms with van der Waals surface area (Å²) in [5.41, 5.74) is 4.92. The minimum atomic E-state index is -0.567. The number of pyridine rings is 1. The number of carbonyl (C=O) groups excluding carboxylic acids is 1. The Morgan fingerprint density at radius 3 is 2.67 bits per heavy atom. The summed E-state index contributed by atoms with van der Waals surface area (Å²) >= 11 is 0. The lowest BCUT2D eigenvalue weighted by Crippen LogP contribution is -2.30. The third-order valence-electron chi connectivity index (χ3n) is 4.81. The molecule has 0 saturated carbocycles. The van der Waals surface area contributed by atoms with Crippen molar-refractivity contribution in [3.05, 3.63) is 93.4 Å². The molecule has 0 unspecified atom stereocenters. The lowest BCUT2D eigenvalue weighted by molar-refractivity contribution is 0.0953. The number of hydrazone groups is 1. The highest BCUT2D eigenvalue weighted by atomic mass is 16.5. The fourth-order valence-corrected chi connectivity index (χ4v) is 3.27. The lowest BCUT2D eigenvalue weighted by Gasteiger charge is -2.11. The number of aryl methyl sites for hydroxylation is 1. The van der Waals surface area contributed by atoms with E-state index in [9.17, 15) is 9.59 Å². The van der Waals surface area contributed by atoms with Gasteiger partial charge in [-0.2, -0.15) is 5.10 Å². The molecule has 7 heteroatoms. The fraction of sp³-hybridized carbons (Fsp3) is 0.269. The van der Waals surface area contributed by atoms with Gasteiger partial charge in [0.1, 0.15) is 5.56 Å². The SMILES string of the molecule is CCCOc1ccc(/C=N\NC(=O)c2cccn(Cc3cccc(C)c3)c2=O)cc1OCC. The summed E-state index contributed by atoms with van der Waals surface area (Å²) < 4.78 is 12.8. The van der Waals surface area contributed by atoms with E-state index in [-0.39, 0.29) is 11.1 Å². The van der Waals surface area contributed by atoms with Crippen LogP contribution in [0.15, 0.2) is 70.7 Å². The van der Waals surface area contributed by atoms with Crippen LogP contribution >= 0.6 is 0 Å². The van der Waals surface area contributed by atoms with Crippen molar-refractivity contribution in [3.63, 3.8) is 0 Å². The quantitative estimate of drug-likeness (QED) is 0.374. The maximum atomic E-state index is 12.8. The predicted octanol–water partition coefficient (Wildman–Crippen LogP) is 4.16. The van der Waals surface area contributed by atoms with Crippen molar-refractivity contribution in [2.45, 2.75) is 33.7 Å². The van der Waals surface area contributed by atoms with Gasteiger partial charge < -0.3 is 14.0 Å². The van der Waals surface area contributed by atoms with E-state index >= 15 is 0 Å². The van der Waals surface area contributed by atoms with E-state index in [0.29, 0.717) is 31.3 Å². The van der Waals surface area contributed by atoms with Crippen molar-refractivity contribution in [1.29, 1.82) is 0 Å². The molecule has 0 saturated heterocycles. The van der Waals surface area contributed by atoms with Crippen molar-refractivity contribution in [2.24, 2.45) is 5.10 Å². The fourth-order valence-electron chi connectivity index (χ4n) is 3.27. The molecule has 0 spiro atoms. The zero-order valence-electron chi connectivity index (χ0n) is 19.2. The molecule has 3 rings (SSSR count). The maximum Gasteiger partial charge on any atom is 0.276 e. The Kier molecular flexibility index (Phi) is 8.41. The summed E-state index contributed by atoms with van der Waals surface area (Å²) in [7, 11) is 0. The molecule has 7 nitrogen and oxygen atoms in total. The molecule has 0 aliphatic carbocycles. The highest BCUT2D eigenvalue weighted by molar-refractivity contribution is 5.94. The van der Waals surface area contributed by atoms with E-state index in [2.05, 4.69) is 10.5 Å². The Labute approximate surface area is 193 Å². The van der Waals surface area contributed by atoms with E-state index in [1.165, 1.54) is 16.8 Å². The second kappa shape index (κ2) is 11.7. The number of hydrogen-bond acceptors (Lipinski definition) is 5. The summed E-state index contributed by atoms with van der Waals surface area (Å²) in [6.45, 7) is 7.42. The molecule has 1 N–H and O–H groups in total. The Morgan fingerprint density at radius 1 is 1.06 bits per heavy atom. The zero-order valence-corrected chi connectivity index (χ0v) is 19.2. The first-order valence-corrected chi connectivity index (χ1v) is 11.0. The number of ether oxygens (including phenoxy) is 2. The number of amides is 1. The molecule has 3 aromatic rings. The highest BCUT2D eigenvalue weighted by Gasteiger charge is 2.12. The summed E-state index contributed by atoms with van der Waals surface area (Å²) in [5, 5.41) is 4.01. The number of hydrogen-bond donors (Lipinski definition) is 1. The molecule has 0 fully saturated rings. The second-order valence-corrected chi connectivity index (χ2v) is 7.53. The summed E-state index contributed by atoms with van der Waals surface area (Å²) in [4.78, 5) is 25.4. The van der Waals surface area contributed by atoms with Gasteiger partial charge in [0.05, 0.1) is 26.0 Å². The van der Waals surface area contributed by atoms with Crippen molar-refractivity contribution < 1.29 is 14.3 Å². The number of nitrogens with one attached hydrogen (secondary N) is 1. The van der Waals surface area contributed by atoms with Crippen LogP contribution in [0.4, 0.5) is 0 Å². The minimum Gasteiger partial charge on any atom is -0.490 e. The molecule has 0 bridgehead atoms. The molecule has 1 aromatic heterocycles. The monoisotopic (exact) mass is 447 g/mol. The van der Waals surface area contributed by atoms with E-state index in [0.717, 1.165) is 23.1 Å². The van der Waals surface area contributed by atoms with Gasteiger partial charge in [-0.05, 0) is 61.7 Å². The first kappa shape index (κ1) is 23.8. The van der Waals surface area contributed by atoms with E-state index in [4.69, 9.17) is 9.47 Å². The van der Waals surface area contributed by atoms with Crippen LogP contribution in [0.3, 0.4) is 0 Å². The Bertz CT molecular complexity index is 1180. The Balaban J connectivity index is 1.70. The molecule has 33 heavy (non-hydrogen) atoms. The average Bonchev–Trinajstić information content (AvgIpc) is 2.80. The van der Waals surface area contributed by atoms with Gasteiger partial charge in [0, 0.05) is 6.20 Å². The molecule has 0 aliphatic heterocycles. The summed E-state index contributed by atoms with van der Waals surface area (Å²) in [6, 6.07) is 16.5. The van der Waals surface area contributed by atoms with Crippen LogP contribution in [0.1, 0.15) is 47.3 Å². The first-order chi connectivity index (χ1) is 16.0. The van der Waals surface area contributed by atoms with Gasteiger partial charge in [0.2, 0.25) is 0 Å². The van der Waals surface area contributed by atoms with Crippen LogP contribution in [-0.4, -0.2) is 29.9 Å². The second-order valence-electron chi connectivity index (χ2n) is 7.53. The third kappa shape index (κ3) is 6.55. The minimum absolute atomic E-state index is 0.0284. The number of aromatic nitrogens is 1. The van der Waals surface area contributed by atoms with E-state index in [1.807, 2.05) is 57.2 Å². The largest absolute Gasteiger partial charge is 0.490 e. The molecule has 2 aromatic carbocycles. The highest BCUT2D eigenvalue weighted by Crippen LogP contribution is 2.28. The first-order valence-electron chi connectivity index (χ1n) is 11.0. The molecule has 0 radical (unpaired) electrons. The van der Waals surface area contributed by atoms with E-state index in [1.54, 1.807) is 18.3 Å². The van der Waals surface area contributed by atoms with E-state index < -0.39 is 5.91 Å². The molecular weight excluding hydrogens is 418 g/mol. The standard InChI is InChI=1S/C26H29N3O4/c1-4-14-33-23-12-11-20(16-24(23)32-5-2)17-27-28-25(30)22-10-7-13-29(26(22)31)18-21-9-6-8-19(3)15-21/h6-13,15-17H,4-5,14,18H2,1-3H3,(H,28,30)/b27-17-. The van der Waals surface area contributed by atoms with Gasteiger partial charge in [-0.3, -0.25) is 9.59 Å². The van der Waals surface area contributed by atoms with Crippen LogP contribution in [-0.2, 0) is 6.54 Å². The van der Waals surface area contributed by atoms with Crippen LogP contribution in [0.2, 0.25) is 0 Å². The van der Waals surface area contributed by atoms with Crippen molar-refractivity contribution >= 4 is 12.1 Å². The van der Waals surface area contributed by atoms with Gasteiger partial charge in [-0.25, -0.2) is 5.43 Å². The molecular formula is C26H29N3O4. The van der Waals surface area contributed by atoms with Crippen LogP contribution in [0.5, 0.6) is 11.5 Å². The van der Waals surface area contributed by atoms with Crippen molar-refractivity contribution in [1.82, 2.24) is 9.99 Å². The average molecular weight is 448 g/mol. The van der Waals surface area contributed by atoms with Gasteiger partial charge in [0.25, 0.3) is 11.5 Å². The topological polar surface area (TPSA) is 81.9 Å². The van der Waals surface area contributed by atoms with Crippen LogP contribution < -0.4 is 20.5 Å². The molecule has 172 valence electrons. The number of benzene rings is 2. The Morgan fingerprint density at radius 2 is 1.91 bits per heavy atom. The molecule has 0 aliphatic rings. The number of nitrogens with zero attached hydrogens (tertiary/aromatic N) is 2. The van der Waals surface area contributed by atoms with Crippen molar-refractivity contribution in [2.75, 3.05) is 13.2 Å². The van der Waals surface area contributed by atoms with Gasteiger partial charge in [-0.15, -0.1) is 0 Å². The van der Waals surface area contributed by atoms with Crippen molar-refractivity contribution in [3.8, 4) is 11.5 Å². The number of rotatable bonds is 10. The smallest absolute Gasteiger partial charge is 0.276 e. The van der Waals surface area contributed by atoms with Crippen LogP contribution in [0.25, 0.3) is 0 Å². The third-order valence-corrected chi connectivity index (χ3v) is 4.81. The summed E-state index contributed by atoms with van der Waals surface area (Å²) in [5.74, 6) is 0.712. The molecule has 0 atom stereocenters. The van der Waals surface area contributed by atoms with Gasteiger partial charge in [0.15, 0.2) is 11.5 Å². The molecule has 1 amide bonds.